The molecule has 0 N–H and O–H groups in total. The van der Waals surface area contributed by atoms with Crippen LogP contribution in [0.1, 0.15) is 19.3 Å². The zero-order valence-corrected chi connectivity index (χ0v) is 6.91. The summed E-state index contributed by atoms with van der Waals surface area (Å²) >= 11 is 0. The molecule has 0 aromatic carbocycles. The average Bonchev–Trinajstić information content (AvgIpc) is 2.11. The average molecular weight is 156 g/mol. The second kappa shape index (κ2) is 2.40. The Morgan fingerprint density at radius 2 is 2.44 bits per heavy atom. The van der Waals surface area contributed by atoms with Crippen molar-refractivity contribution in [2.75, 3.05) is 0 Å². The first-order chi connectivity index (χ1) is 4.47. The van der Waals surface area contributed by atoms with Gasteiger partial charge in [-0.3, -0.25) is 0 Å². The van der Waals surface area contributed by atoms with E-state index in [1.807, 2.05) is 0 Å². The van der Waals surface area contributed by atoms with Gasteiger partial charge in [-0.1, -0.05) is 6.42 Å². The normalized spacial score (nSPS) is 28.7. The molecule has 0 atom stereocenters. The van der Waals surface area contributed by atoms with Crippen LogP contribution in [-0.4, -0.2) is 0 Å². The summed E-state index contributed by atoms with van der Waals surface area (Å²) in [5, 5.41) is 5.75. The van der Waals surface area contributed by atoms with Crippen LogP contribution in [0.2, 0.25) is 0 Å². The van der Waals surface area contributed by atoms with Crippen LogP contribution in [0.3, 0.4) is 0 Å². The van der Waals surface area contributed by atoms with Gasteiger partial charge in [0.1, 0.15) is 0 Å². The highest BCUT2D eigenvalue weighted by Crippen LogP contribution is 2.44. The Kier molecular flexibility index (Phi) is 1.57. The van der Waals surface area contributed by atoms with E-state index in [0.29, 0.717) is 0 Å². The van der Waals surface area contributed by atoms with E-state index in [-0.39, 0.29) is 0 Å². The SMILES string of the molecule is C1=C(C2CCC2)P=P[N]1. The number of nitrogens with zero attached hydrogens (tertiary/aromatic N) is 1. The van der Waals surface area contributed by atoms with Gasteiger partial charge in [-0.2, -0.15) is 0 Å². The van der Waals surface area contributed by atoms with Crippen molar-refractivity contribution >= 4 is 15.9 Å². The highest BCUT2D eigenvalue weighted by Gasteiger charge is 2.22. The predicted octanol–water partition coefficient (Wildman–Crippen LogP) is 2.97. The first-order valence-corrected chi connectivity index (χ1v) is 5.72. The highest BCUT2D eigenvalue weighted by atomic mass is 31.7. The largest absolute Gasteiger partial charge is 0.230 e. The fraction of sp³-hybridized carbons (Fsp3) is 0.667. The van der Waals surface area contributed by atoms with Gasteiger partial charge in [-0.05, 0) is 26.6 Å². The third-order valence-electron chi connectivity index (χ3n) is 1.93. The fourth-order valence-corrected chi connectivity index (χ4v) is 3.30. The van der Waals surface area contributed by atoms with Crippen molar-refractivity contribution in [2.45, 2.75) is 19.3 Å². The second-order valence-electron chi connectivity index (χ2n) is 2.49. The van der Waals surface area contributed by atoms with Gasteiger partial charge in [0.25, 0.3) is 0 Å². The summed E-state index contributed by atoms with van der Waals surface area (Å²) in [6, 6.07) is 0. The van der Waals surface area contributed by atoms with Gasteiger partial charge in [0.15, 0.2) is 0 Å². The molecule has 1 radical (unpaired) electrons. The molecule has 0 aromatic rings. The maximum Gasteiger partial charge on any atom is 0.0696 e. The van der Waals surface area contributed by atoms with Gasteiger partial charge in [0.05, 0.1) is 8.02 Å². The third kappa shape index (κ3) is 1.04. The molecule has 1 aliphatic heterocycles. The van der Waals surface area contributed by atoms with E-state index in [4.69, 9.17) is 0 Å². The van der Waals surface area contributed by atoms with Gasteiger partial charge in [0.2, 0.25) is 0 Å². The Morgan fingerprint density at radius 1 is 1.56 bits per heavy atom. The summed E-state index contributed by atoms with van der Waals surface area (Å²) in [6.07, 6.45) is 6.36. The third-order valence-corrected chi connectivity index (χ3v) is 4.22. The summed E-state index contributed by atoms with van der Waals surface area (Å²) in [5.41, 5.74) is 0. The van der Waals surface area contributed by atoms with E-state index in [9.17, 15) is 0 Å². The molecule has 0 spiro atoms. The maximum absolute atomic E-state index is 4.17. The summed E-state index contributed by atoms with van der Waals surface area (Å²) in [4.78, 5) is 0. The van der Waals surface area contributed by atoms with Crippen LogP contribution in [0.25, 0.3) is 0 Å². The van der Waals surface area contributed by atoms with Gasteiger partial charge in [-0.25, -0.2) is 5.09 Å². The Bertz CT molecular complexity index is 170. The molecule has 1 saturated carbocycles. The lowest BCUT2D eigenvalue weighted by atomic mass is 9.85. The van der Waals surface area contributed by atoms with Crippen molar-refractivity contribution in [3.63, 3.8) is 0 Å². The summed E-state index contributed by atoms with van der Waals surface area (Å²) in [5.74, 6) is 0.922. The zero-order chi connectivity index (χ0) is 6.10. The smallest absolute Gasteiger partial charge is 0.0696 e. The minimum absolute atomic E-state index is 0.922. The van der Waals surface area contributed by atoms with Crippen LogP contribution >= 0.6 is 15.9 Å². The molecule has 0 saturated heterocycles. The summed E-state index contributed by atoms with van der Waals surface area (Å²) < 4.78 is 0. The first kappa shape index (κ1) is 5.89. The molecule has 1 nitrogen and oxygen atoms in total. The molecule has 0 bridgehead atoms. The molecule has 2 aliphatic rings. The Hall–Kier alpha value is 0.140. The minimum atomic E-state index is 0.922. The second-order valence-corrected chi connectivity index (χ2v) is 4.75. The Morgan fingerprint density at radius 3 is 2.89 bits per heavy atom. The van der Waals surface area contributed by atoms with Gasteiger partial charge >= 0.3 is 0 Å². The van der Waals surface area contributed by atoms with Gasteiger partial charge in [0, 0.05) is 11.5 Å². The van der Waals surface area contributed by atoms with E-state index in [2.05, 4.69) is 11.3 Å². The Labute approximate surface area is 58.4 Å². The van der Waals surface area contributed by atoms with Crippen LogP contribution in [0, 0.1) is 5.92 Å². The monoisotopic (exact) mass is 156 g/mol. The van der Waals surface area contributed by atoms with Crippen LogP contribution in [0.4, 0.5) is 0 Å². The molecule has 0 unspecified atom stereocenters. The van der Waals surface area contributed by atoms with E-state index >= 15 is 0 Å². The number of allylic oxidation sites excluding steroid dienone is 1. The van der Waals surface area contributed by atoms with Crippen LogP contribution in [-0.2, 0) is 0 Å². The van der Waals surface area contributed by atoms with Gasteiger partial charge in [-0.15, -0.1) is 0 Å². The molecule has 47 valence electrons. The summed E-state index contributed by atoms with van der Waals surface area (Å²) in [6.45, 7) is 0. The first-order valence-electron chi connectivity index (χ1n) is 3.28. The molecule has 3 heteroatoms. The quantitative estimate of drug-likeness (QED) is 0.518. The number of hydrogen-bond donors (Lipinski definition) is 0. The molecule has 1 heterocycles. The van der Waals surface area contributed by atoms with Crippen molar-refractivity contribution < 1.29 is 0 Å². The lowest BCUT2D eigenvalue weighted by Crippen LogP contribution is -2.10. The number of hydrogen-bond acceptors (Lipinski definition) is 0. The van der Waals surface area contributed by atoms with Crippen LogP contribution in [0.15, 0.2) is 11.5 Å². The van der Waals surface area contributed by atoms with Crippen molar-refractivity contribution in [3.8, 4) is 0 Å². The molecule has 1 aliphatic carbocycles. The van der Waals surface area contributed by atoms with E-state index in [0.717, 1.165) is 5.92 Å². The zero-order valence-electron chi connectivity index (χ0n) is 5.12. The van der Waals surface area contributed by atoms with Crippen LogP contribution in [0.5, 0.6) is 0 Å². The maximum atomic E-state index is 4.17. The van der Waals surface area contributed by atoms with Gasteiger partial charge < -0.3 is 0 Å². The Balaban J connectivity index is 2.03. The lowest BCUT2D eigenvalue weighted by molar-refractivity contribution is 0.381. The number of rotatable bonds is 1. The van der Waals surface area contributed by atoms with Crippen molar-refractivity contribution in [2.24, 2.45) is 5.92 Å². The summed E-state index contributed by atoms with van der Waals surface area (Å²) in [7, 11) is 2.69. The molecule has 9 heavy (non-hydrogen) atoms. The molecular weight excluding hydrogens is 148 g/mol. The predicted molar refractivity (Wildman–Crippen MR) is 41.4 cm³/mol. The lowest BCUT2D eigenvalue weighted by Gasteiger charge is -2.24. The van der Waals surface area contributed by atoms with E-state index < -0.39 is 0 Å². The minimum Gasteiger partial charge on any atom is -0.230 e. The van der Waals surface area contributed by atoms with Crippen molar-refractivity contribution in [3.05, 3.63) is 11.5 Å². The molecular formula is C6H8NP2. The standard InChI is InChI=1S/C6H8NP2/c1-2-5(3-1)6-4-7-9-8-6/h4-5H,1-3H2. The highest BCUT2D eigenvalue weighted by molar-refractivity contribution is 7.85. The van der Waals surface area contributed by atoms with Crippen molar-refractivity contribution in [1.29, 1.82) is 0 Å². The molecule has 0 amide bonds. The molecule has 0 aromatic heterocycles. The van der Waals surface area contributed by atoms with Crippen LogP contribution < -0.4 is 5.09 Å². The van der Waals surface area contributed by atoms with E-state index in [1.54, 1.807) is 5.31 Å². The van der Waals surface area contributed by atoms with E-state index in [1.165, 1.54) is 35.1 Å². The fourth-order valence-electron chi connectivity index (χ4n) is 1.08. The molecule has 2 rings (SSSR count). The topological polar surface area (TPSA) is 14.1 Å². The molecule has 1 fully saturated rings. The van der Waals surface area contributed by atoms with Crippen molar-refractivity contribution in [1.82, 2.24) is 5.09 Å².